The summed E-state index contributed by atoms with van der Waals surface area (Å²) in [5.41, 5.74) is 0. The molecule has 0 fully saturated rings. The van der Waals surface area contributed by atoms with Crippen LogP contribution in [0, 0.1) is 0 Å². The number of hydrogen-bond donors (Lipinski definition) is 0. The van der Waals surface area contributed by atoms with Gasteiger partial charge in [0.2, 0.25) is 0 Å². The van der Waals surface area contributed by atoms with Gasteiger partial charge in [-0.15, -0.1) is 0 Å². The molecular weight excluding hydrogens is 113 g/mol. The van der Waals surface area contributed by atoms with Gasteiger partial charge < -0.3 is 5.11 Å². The Hall–Kier alpha value is -0.0500. The van der Waals surface area contributed by atoms with Gasteiger partial charge in [-0.25, -0.2) is 0 Å². The van der Waals surface area contributed by atoms with Gasteiger partial charge >= 0.3 is 29.6 Å². The average Bonchev–Trinajstić information content (AvgIpc) is 1.69. The topological polar surface area (TPSA) is 36.0 Å². The van der Waals surface area contributed by atoms with E-state index < -0.39 is 0 Å². The maximum absolute atomic E-state index is 10.2. The minimum atomic E-state index is -0.0394. The molecule has 1 aromatic rings. The van der Waals surface area contributed by atoms with Crippen LogP contribution in [0.3, 0.4) is 0 Å². The Labute approximate surface area is 69.9 Å². The van der Waals surface area contributed by atoms with E-state index in [0.717, 1.165) is 0 Å². The third-order valence-corrected chi connectivity index (χ3v) is 0.634. The van der Waals surface area contributed by atoms with Crippen molar-refractivity contribution in [1.29, 1.82) is 0 Å². The van der Waals surface area contributed by atoms with Crippen molar-refractivity contribution in [2.24, 2.45) is 0 Å². The first-order chi connectivity index (χ1) is 3.39. The molecule has 1 aromatic heterocycles. The van der Waals surface area contributed by atoms with E-state index >= 15 is 0 Å². The molecule has 8 heavy (non-hydrogen) atoms. The number of aromatic nitrogens is 1. The number of pyridine rings is 1. The second-order valence-electron chi connectivity index (χ2n) is 1.19. The molecule has 0 radical (unpaired) electrons. The Morgan fingerprint density at radius 1 is 1.50 bits per heavy atom. The zero-order chi connectivity index (χ0) is 5.11. The minimum Gasteiger partial charge on any atom is -0.871 e. The quantitative estimate of drug-likeness (QED) is 0.343. The molecule has 2 nitrogen and oxygen atoms in total. The molecule has 0 unspecified atom stereocenters. The van der Waals surface area contributed by atoms with Gasteiger partial charge in [0.05, 0.1) is 0 Å². The van der Waals surface area contributed by atoms with Crippen molar-refractivity contribution in [2.45, 2.75) is 0 Å². The van der Waals surface area contributed by atoms with E-state index in [1.807, 2.05) is 0 Å². The first-order valence-electron chi connectivity index (χ1n) is 1.96. The van der Waals surface area contributed by atoms with E-state index in [2.05, 4.69) is 4.98 Å². The van der Waals surface area contributed by atoms with Crippen LogP contribution in [-0.4, -0.2) is 4.98 Å². The van der Waals surface area contributed by atoms with E-state index in [4.69, 9.17) is 0 Å². The van der Waals surface area contributed by atoms with Crippen molar-refractivity contribution in [3.63, 3.8) is 0 Å². The van der Waals surface area contributed by atoms with Gasteiger partial charge in [-0.1, -0.05) is 11.8 Å². The first kappa shape index (κ1) is 7.95. The summed E-state index contributed by atoms with van der Waals surface area (Å²) in [6.07, 6.45) is 2.85. The standard InChI is InChI=1S/C5H5NO.Na/c7-5-2-1-3-6-4-5;/h1-4,7H;/q;+1/p-1. The SMILES string of the molecule is [Na+].[O-]c1cccnc1. The molecule has 36 valence electrons. The van der Waals surface area contributed by atoms with Crippen LogP contribution in [-0.2, 0) is 0 Å². The van der Waals surface area contributed by atoms with Crippen molar-refractivity contribution in [3.8, 4) is 5.75 Å². The van der Waals surface area contributed by atoms with Crippen molar-refractivity contribution in [2.75, 3.05) is 0 Å². The Kier molecular flexibility index (Phi) is 3.87. The van der Waals surface area contributed by atoms with Gasteiger partial charge in [0.1, 0.15) is 0 Å². The van der Waals surface area contributed by atoms with Crippen LogP contribution in [0.1, 0.15) is 0 Å². The zero-order valence-corrected chi connectivity index (χ0v) is 6.66. The summed E-state index contributed by atoms with van der Waals surface area (Å²) < 4.78 is 0. The van der Waals surface area contributed by atoms with Crippen LogP contribution >= 0.6 is 0 Å². The van der Waals surface area contributed by atoms with E-state index in [9.17, 15) is 5.11 Å². The Balaban J connectivity index is 0.000000490. The Bertz CT molecular complexity index is 142. The summed E-state index contributed by atoms with van der Waals surface area (Å²) >= 11 is 0. The van der Waals surface area contributed by atoms with Gasteiger partial charge in [-0.2, -0.15) is 0 Å². The third-order valence-electron chi connectivity index (χ3n) is 0.634. The van der Waals surface area contributed by atoms with E-state index in [0.29, 0.717) is 0 Å². The Morgan fingerprint density at radius 3 is 2.50 bits per heavy atom. The van der Waals surface area contributed by atoms with Crippen molar-refractivity contribution < 1.29 is 34.7 Å². The maximum atomic E-state index is 10.2. The summed E-state index contributed by atoms with van der Waals surface area (Å²) in [7, 11) is 0. The monoisotopic (exact) mass is 117 g/mol. The summed E-state index contributed by atoms with van der Waals surface area (Å²) in [5, 5.41) is 10.2. The predicted molar refractivity (Wildman–Crippen MR) is 23.7 cm³/mol. The largest absolute Gasteiger partial charge is 1.00 e. The predicted octanol–water partition coefficient (Wildman–Crippen LogP) is -2.84. The molecule has 0 bridgehead atoms. The molecule has 3 heteroatoms. The van der Waals surface area contributed by atoms with Gasteiger partial charge in [-0.3, -0.25) is 4.98 Å². The van der Waals surface area contributed by atoms with Crippen LogP contribution in [0.5, 0.6) is 5.75 Å². The number of nitrogens with zero attached hydrogens (tertiary/aromatic N) is 1. The molecule has 1 heterocycles. The van der Waals surface area contributed by atoms with Gasteiger partial charge in [-0.05, 0) is 6.07 Å². The zero-order valence-electron chi connectivity index (χ0n) is 4.66. The summed E-state index contributed by atoms with van der Waals surface area (Å²) in [5.74, 6) is -0.0394. The normalized spacial score (nSPS) is 7.50. The molecule has 0 aliphatic carbocycles. The second-order valence-corrected chi connectivity index (χ2v) is 1.19. The fraction of sp³-hybridized carbons (Fsp3) is 0. The number of hydrogen-bond acceptors (Lipinski definition) is 2. The molecule has 1 rings (SSSR count). The van der Waals surface area contributed by atoms with Crippen LogP contribution in [0.15, 0.2) is 24.5 Å². The molecule has 0 aliphatic rings. The maximum Gasteiger partial charge on any atom is 1.00 e. The van der Waals surface area contributed by atoms with E-state index in [1.165, 1.54) is 12.3 Å². The molecule has 0 saturated heterocycles. The van der Waals surface area contributed by atoms with Crippen molar-refractivity contribution in [3.05, 3.63) is 24.5 Å². The smallest absolute Gasteiger partial charge is 0.871 e. The van der Waals surface area contributed by atoms with Crippen LogP contribution in [0.25, 0.3) is 0 Å². The van der Waals surface area contributed by atoms with Crippen LogP contribution in [0.2, 0.25) is 0 Å². The van der Waals surface area contributed by atoms with Gasteiger partial charge in [0, 0.05) is 12.4 Å². The van der Waals surface area contributed by atoms with Crippen molar-refractivity contribution >= 4 is 0 Å². The molecule has 0 N–H and O–H groups in total. The molecule has 0 aromatic carbocycles. The fourth-order valence-electron chi connectivity index (χ4n) is 0.347. The summed E-state index contributed by atoms with van der Waals surface area (Å²) in [6, 6.07) is 3.08. The summed E-state index contributed by atoms with van der Waals surface area (Å²) in [6.45, 7) is 0. The molecule has 0 amide bonds. The Morgan fingerprint density at radius 2 is 2.25 bits per heavy atom. The first-order valence-corrected chi connectivity index (χ1v) is 1.96. The van der Waals surface area contributed by atoms with Crippen molar-refractivity contribution in [1.82, 2.24) is 4.98 Å². The van der Waals surface area contributed by atoms with Crippen LogP contribution < -0.4 is 34.7 Å². The van der Waals surface area contributed by atoms with E-state index in [-0.39, 0.29) is 35.3 Å². The third kappa shape index (κ3) is 2.31. The molecular formula is C5H4NNaO. The molecule has 0 atom stereocenters. The fourth-order valence-corrected chi connectivity index (χ4v) is 0.347. The van der Waals surface area contributed by atoms with Crippen LogP contribution in [0.4, 0.5) is 0 Å². The van der Waals surface area contributed by atoms with E-state index in [1.54, 1.807) is 12.3 Å². The summed E-state index contributed by atoms with van der Waals surface area (Å²) in [4.78, 5) is 3.57. The molecule has 0 aliphatic heterocycles. The van der Waals surface area contributed by atoms with Gasteiger partial charge in [0.15, 0.2) is 0 Å². The van der Waals surface area contributed by atoms with Gasteiger partial charge in [0.25, 0.3) is 0 Å². The molecule has 0 saturated carbocycles. The molecule has 0 spiro atoms. The average molecular weight is 117 g/mol. The second kappa shape index (κ2) is 3.89. The number of rotatable bonds is 0. The minimum absolute atomic E-state index is 0.